The van der Waals surface area contributed by atoms with Crippen LogP contribution in [0.2, 0.25) is 0 Å². The quantitative estimate of drug-likeness (QED) is 0.889. The molecule has 1 saturated heterocycles. The summed E-state index contributed by atoms with van der Waals surface area (Å²) < 4.78 is 1.80. The highest BCUT2D eigenvalue weighted by Gasteiger charge is 2.15. The lowest BCUT2D eigenvalue weighted by Crippen LogP contribution is -2.46. The summed E-state index contributed by atoms with van der Waals surface area (Å²) in [6.45, 7) is 1.94. The molecule has 0 unspecified atom stereocenters. The van der Waals surface area contributed by atoms with Gasteiger partial charge >= 0.3 is 0 Å². The van der Waals surface area contributed by atoms with Gasteiger partial charge in [0.25, 0.3) is 0 Å². The van der Waals surface area contributed by atoms with E-state index in [1.165, 1.54) is 0 Å². The van der Waals surface area contributed by atoms with Gasteiger partial charge in [0.1, 0.15) is 0 Å². The molecule has 5 nitrogen and oxygen atoms in total. The predicted octanol–water partition coefficient (Wildman–Crippen LogP) is 1.28. The van der Waals surface area contributed by atoms with E-state index in [2.05, 4.69) is 15.7 Å². The molecule has 3 rings (SSSR count). The molecule has 0 spiro atoms. The standard InChI is InChI=1S/C16H20N4O/c21-16(19-14-3-1-8-17-12-14)11-13-4-6-15(7-5-13)20-10-2-9-18-20/h2,4-7,9-10,14,17H,1,3,8,11-12H2,(H,19,21)/t14-/m0/s1. The van der Waals surface area contributed by atoms with Crippen molar-refractivity contribution in [3.05, 3.63) is 48.3 Å². The second-order valence-electron chi connectivity index (χ2n) is 5.40. The van der Waals surface area contributed by atoms with Gasteiger partial charge in [0.05, 0.1) is 12.1 Å². The van der Waals surface area contributed by atoms with Crippen LogP contribution in [0.4, 0.5) is 0 Å². The van der Waals surface area contributed by atoms with Gasteiger partial charge in [-0.3, -0.25) is 4.79 Å². The number of carbonyl (C=O) groups excluding carboxylic acids is 1. The number of nitrogens with zero attached hydrogens (tertiary/aromatic N) is 2. The Labute approximate surface area is 124 Å². The molecule has 0 bridgehead atoms. The molecular weight excluding hydrogens is 264 g/mol. The van der Waals surface area contributed by atoms with E-state index >= 15 is 0 Å². The van der Waals surface area contributed by atoms with E-state index in [1.54, 1.807) is 10.9 Å². The average Bonchev–Trinajstić information content (AvgIpc) is 3.03. The fourth-order valence-electron chi connectivity index (χ4n) is 2.63. The van der Waals surface area contributed by atoms with Crippen molar-refractivity contribution in [3.63, 3.8) is 0 Å². The van der Waals surface area contributed by atoms with Crippen LogP contribution in [-0.2, 0) is 11.2 Å². The van der Waals surface area contributed by atoms with Gasteiger partial charge < -0.3 is 10.6 Å². The van der Waals surface area contributed by atoms with E-state index in [0.29, 0.717) is 6.42 Å². The van der Waals surface area contributed by atoms with Crippen molar-refractivity contribution >= 4 is 5.91 Å². The number of hydrogen-bond donors (Lipinski definition) is 2. The van der Waals surface area contributed by atoms with Crippen LogP contribution in [-0.4, -0.2) is 34.8 Å². The summed E-state index contributed by atoms with van der Waals surface area (Å²) in [5.41, 5.74) is 2.02. The second kappa shape index (κ2) is 6.54. The third-order valence-corrected chi connectivity index (χ3v) is 3.73. The number of benzene rings is 1. The largest absolute Gasteiger partial charge is 0.352 e. The van der Waals surface area contributed by atoms with E-state index in [0.717, 1.165) is 37.2 Å². The molecule has 2 heterocycles. The maximum atomic E-state index is 12.0. The Kier molecular flexibility index (Phi) is 4.31. The van der Waals surface area contributed by atoms with Crippen LogP contribution in [0.3, 0.4) is 0 Å². The first-order chi connectivity index (χ1) is 10.3. The number of nitrogens with one attached hydrogen (secondary N) is 2. The Balaban J connectivity index is 1.56. The highest BCUT2D eigenvalue weighted by molar-refractivity contribution is 5.79. The van der Waals surface area contributed by atoms with Crippen LogP contribution in [0.25, 0.3) is 5.69 Å². The van der Waals surface area contributed by atoms with E-state index in [-0.39, 0.29) is 11.9 Å². The van der Waals surface area contributed by atoms with Crippen molar-refractivity contribution in [2.75, 3.05) is 13.1 Å². The molecule has 1 aliphatic heterocycles. The van der Waals surface area contributed by atoms with Gasteiger partial charge in [0.15, 0.2) is 0 Å². The maximum Gasteiger partial charge on any atom is 0.224 e. The first-order valence-corrected chi connectivity index (χ1v) is 7.40. The van der Waals surface area contributed by atoms with Gasteiger partial charge in [-0.1, -0.05) is 12.1 Å². The van der Waals surface area contributed by atoms with Gasteiger partial charge in [0.2, 0.25) is 5.91 Å². The summed E-state index contributed by atoms with van der Waals surface area (Å²) in [5.74, 6) is 0.0931. The van der Waals surface area contributed by atoms with Crippen LogP contribution in [0, 0.1) is 0 Å². The summed E-state index contributed by atoms with van der Waals surface area (Å²) >= 11 is 0. The Morgan fingerprint density at radius 3 is 2.90 bits per heavy atom. The monoisotopic (exact) mass is 284 g/mol. The SMILES string of the molecule is O=C(Cc1ccc(-n2cccn2)cc1)N[C@H]1CCCNC1. The highest BCUT2D eigenvalue weighted by atomic mass is 16.1. The molecule has 1 aromatic carbocycles. The third kappa shape index (κ3) is 3.70. The number of amides is 1. The predicted molar refractivity (Wildman–Crippen MR) is 81.3 cm³/mol. The number of hydrogen-bond acceptors (Lipinski definition) is 3. The van der Waals surface area contributed by atoms with Crippen LogP contribution in [0.5, 0.6) is 0 Å². The zero-order valence-corrected chi connectivity index (χ0v) is 12.0. The lowest BCUT2D eigenvalue weighted by atomic mass is 10.1. The maximum absolute atomic E-state index is 12.0. The molecule has 1 atom stereocenters. The minimum absolute atomic E-state index is 0.0931. The molecule has 110 valence electrons. The van der Waals surface area contributed by atoms with Crippen molar-refractivity contribution in [3.8, 4) is 5.69 Å². The van der Waals surface area contributed by atoms with Gasteiger partial charge in [-0.2, -0.15) is 5.10 Å². The van der Waals surface area contributed by atoms with Crippen molar-refractivity contribution in [1.29, 1.82) is 0 Å². The molecule has 1 fully saturated rings. The molecule has 5 heteroatoms. The third-order valence-electron chi connectivity index (χ3n) is 3.73. The van der Waals surface area contributed by atoms with Crippen molar-refractivity contribution in [2.24, 2.45) is 0 Å². The second-order valence-corrected chi connectivity index (χ2v) is 5.40. The number of piperidine rings is 1. The topological polar surface area (TPSA) is 59.0 Å². The van der Waals surface area contributed by atoms with Crippen LogP contribution < -0.4 is 10.6 Å². The number of rotatable bonds is 4. The Morgan fingerprint density at radius 2 is 2.24 bits per heavy atom. The first-order valence-electron chi connectivity index (χ1n) is 7.40. The summed E-state index contributed by atoms with van der Waals surface area (Å²) in [6.07, 6.45) is 6.27. The normalized spacial score (nSPS) is 18.4. The fourth-order valence-corrected chi connectivity index (χ4v) is 2.63. The Hall–Kier alpha value is -2.14. The Bertz CT molecular complexity index is 571. The summed E-state index contributed by atoms with van der Waals surface area (Å²) in [7, 11) is 0. The molecule has 1 aliphatic rings. The molecule has 1 amide bonds. The molecule has 2 N–H and O–H groups in total. The number of carbonyl (C=O) groups is 1. The minimum Gasteiger partial charge on any atom is -0.352 e. The molecule has 21 heavy (non-hydrogen) atoms. The van der Waals surface area contributed by atoms with Gasteiger partial charge in [-0.05, 0) is 43.1 Å². The van der Waals surface area contributed by atoms with E-state index in [1.807, 2.05) is 36.5 Å². The summed E-state index contributed by atoms with van der Waals surface area (Å²) in [6, 6.07) is 10.1. The summed E-state index contributed by atoms with van der Waals surface area (Å²) in [4.78, 5) is 12.0. The van der Waals surface area contributed by atoms with Crippen LogP contribution in [0.15, 0.2) is 42.7 Å². The highest BCUT2D eigenvalue weighted by Crippen LogP contribution is 2.09. The van der Waals surface area contributed by atoms with Gasteiger partial charge in [-0.25, -0.2) is 4.68 Å². The fraction of sp³-hybridized carbons (Fsp3) is 0.375. The van der Waals surface area contributed by atoms with E-state index in [4.69, 9.17) is 0 Å². The molecule has 1 aromatic heterocycles. The molecular formula is C16H20N4O. The average molecular weight is 284 g/mol. The van der Waals surface area contributed by atoms with Gasteiger partial charge in [0, 0.05) is 25.0 Å². The lowest BCUT2D eigenvalue weighted by Gasteiger charge is -2.23. The van der Waals surface area contributed by atoms with E-state index < -0.39 is 0 Å². The molecule has 2 aromatic rings. The zero-order chi connectivity index (χ0) is 14.5. The van der Waals surface area contributed by atoms with Crippen LogP contribution >= 0.6 is 0 Å². The van der Waals surface area contributed by atoms with Crippen LogP contribution in [0.1, 0.15) is 18.4 Å². The number of aromatic nitrogens is 2. The van der Waals surface area contributed by atoms with Gasteiger partial charge in [-0.15, -0.1) is 0 Å². The summed E-state index contributed by atoms with van der Waals surface area (Å²) in [5, 5.41) is 10.6. The smallest absolute Gasteiger partial charge is 0.224 e. The minimum atomic E-state index is 0.0931. The first kappa shape index (κ1) is 13.8. The molecule has 0 saturated carbocycles. The lowest BCUT2D eigenvalue weighted by molar-refractivity contribution is -0.121. The zero-order valence-electron chi connectivity index (χ0n) is 12.0. The Morgan fingerprint density at radius 1 is 1.38 bits per heavy atom. The molecule has 0 radical (unpaired) electrons. The molecule has 0 aliphatic carbocycles. The van der Waals surface area contributed by atoms with Crippen molar-refractivity contribution < 1.29 is 4.79 Å². The van der Waals surface area contributed by atoms with Crippen molar-refractivity contribution in [2.45, 2.75) is 25.3 Å². The van der Waals surface area contributed by atoms with Crippen molar-refractivity contribution in [1.82, 2.24) is 20.4 Å². The van der Waals surface area contributed by atoms with E-state index in [9.17, 15) is 4.79 Å².